The van der Waals surface area contributed by atoms with Crippen LogP contribution in [0.3, 0.4) is 0 Å². The van der Waals surface area contributed by atoms with E-state index in [0.717, 1.165) is 27.1 Å². The van der Waals surface area contributed by atoms with E-state index in [9.17, 15) is 9.59 Å². The molecule has 1 atom stereocenters. The van der Waals surface area contributed by atoms with Crippen molar-refractivity contribution in [3.05, 3.63) is 115 Å². The summed E-state index contributed by atoms with van der Waals surface area (Å²) in [6.45, 7) is 7.69. The molecule has 0 N–H and O–H groups in total. The Morgan fingerprint density at radius 1 is 0.977 bits per heavy atom. The molecule has 0 amide bonds. The van der Waals surface area contributed by atoms with Gasteiger partial charge in [0.1, 0.15) is 17.5 Å². The van der Waals surface area contributed by atoms with Crippen LogP contribution in [0.15, 0.2) is 93.9 Å². The fourth-order valence-corrected chi connectivity index (χ4v) is 6.74. The van der Waals surface area contributed by atoms with Gasteiger partial charge in [0.15, 0.2) is 4.80 Å². The standard InChI is InChI=1S/C35H32N2O5S/c1-6-41-34(39)30-21(4)36-35-37(32(30)31-25-14-10-8-12-23(25)16-18-28(31)40-5)33(38)29(43-35)19-26-24-13-9-7-11-22(24)15-17-27(26)42-20(2)3/h7-20,32H,6H2,1-5H3/b29-19-/t32-/m1/s1. The van der Waals surface area contributed by atoms with Gasteiger partial charge < -0.3 is 14.2 Å². The number of carbonyl (C=O) groups is 1. The highest BCUT2D eigenvalue weighted by atomic mass is 32.1. The number of ether oxygens (including phenoxy) is 3. The van der Waals surface area contributed by atoms with Crippen molar-refractivity contribution >= 4 is 44.9 Å². The molecule has 1 aliphatic heterocycles. The molecule has 1 aliphatic rings. The van der Waals surface area contributed by atoms with Gasteiger partial charge in [-0.15, -0.1) is 0 Å². The lowest BCUT2D eigenvalue weighted by molar-refractivity contribution is -0.139. The van der Waals surface area contributed by atoms with Crippen molar-refractivity contribution in [1.82, 2.24) is 4.57 Å². The van der Waals surface area contributed by atoms with E-state index in [0.29, 0.717) is 37.7 Å². The lowest BCUT2D eigenvalue weighted by Gasteiger charge is -2.27. The number of methoxy groups -OCH3 is 1. The van der Waals surface area contributed by atoms with Gasteiger partial charge in [0.05, 0.1) is 35.6 Å². The summed E-state index contributed by atoms with van der Waals surface area (Å²) in [6, 6.07) is 22.9. The zero-order chi connectivity index (χ0) is 30.2. The number of hydrogen-bond acceptors (Lipinski definition) is 7. The van der Waals surface area contributed by atoms with Crippen LogP contribution in [-0.2, 0) is 9.53 Å². The van der Waals surface area contributed by atoms with Crippen LogP contribution in [0.25, 0.3) is 27.6 Å². The minimum absolute atomic E-state index is 0.0526. The number of allylic oxidation sites excluding steroid dienone is 1. The Labute approximate surface area is 253 Å². The highest BCUT2D eigenvalue weighted by Gasteiger charge is 2.36. The van der Waals surface area contributed by atoms with E-state index in [4.69, 9.17) is 19.2 Å². The monoisotopic (exact) mass is 592 g/mol. The maximum Gasteiger partial charge on any atom is 0.338 e. The molecule has 218 valence electrons. The summed E-state index contributed by atoms with van der Waals surface area (Å²) in [4.78, 5) is 33.2. The fourth-order valence-electron chi connectivity index (χ4n) is 5.71. The molecule has 0 spiro atoms. The lowest BCUT2D eigenvalue weighted by atomic mass is 9.90. The van der Waals surface area contributed by atoms with Gasteiger partial charge in [-0.3, -0.25) is 9.36 Å². The molecule has 6 rings (SSSR count). The largest absolute Gasteiger partial charge is 0.496 e. The van der Waals surface area contributed by atoms with Crippen molar-refractivity contribution in [2.45, 2.75) is 39.8 Å². The Morgan fingerprint density at radius 3 is 2.30 bits per heavy atom. The number of hydrogen-bond donors (Lipinski definition) is 0. The van der Waals surface area contributed by atoms with E-state index >= 15 is 0 Å². The van der Waals surface area contributed by atoms with Gasteiger partial charge in [0.25, 0.3) is 5.56 Å². The summed E-state index contributed by atoms with van der Waals surface area (Å²) in [6.07, 6.45) is 1.83. The molecule has 0 bridgehead atoms. The van der Waals surface area contributed by atoms with Crippen LogP contribution in [-0.4, -0.2) is 30.4 Å². The molecule has 0 radical (unpaired) electrons. The van der Waals surface area contributed by atoms with Crippen LogP contribution in [0.4, 0.5) is 0 Å². The van der Waals surface area contributed by atoms with Gasteiger partial charge in [-0.2, -0.15) is 0 Å². The first-order chi connectivity index (χ1) is 20.8. The quantitative estimate of drug-likeness (QED) is 0.220. The first-order valence-electron chi connectivity index (χ1n) is 14.3. The van der Waals surface area contributed by atoms with Crippen LogP contribution in [0.2, 0.25) is 0 Å². The third-order valence-electron chi connectivity index (χ3n) is 7.51. The smallest absolute Gasteiger partial charge is 0.338 e. The number of fused-ring (bicyclic) bond motifs is 3. The minimum Gasteiger partial charge on any atom is -0.496 e. The number of rotatable bonds is 7. The van der Waals surface area contributed by atoms with Gasteiger partial charge in [-0.1, -0.05) is 72.0 Å². The molecule has 0 saturated heterocycles. The SMILES string of the molecule is CCOC(=O)C1=C(C)N=c2s/c(=C\c3c(OC(C)C)ccc4ccccc34)c(=O)n2[C@H]1c1c(OC)ccc2ccccc12. The summed E-state index contributed by atoms with van der Waals surface area (Å²) in [5, 5.41) is 3.85. The number of esters is 1. The Hall–Kier alpha value is -4.69. The molecular formula is C35H32N2O5S. The summed E-state index contributed by atoms with van der Waals surface area (Å²) in [7, 11) is 1.59. The molecule has 43 heavy (non-hydrogen) atoms. The molecule has 0 saturated carbocycles. The molecular weight excluding hydrogens is 560 g/mol. The Bertz CT molecular complexity index is 2100. The first-order valence-corrected chi connectivity index (χ1v) is 15.1. The Balaban J connectivity index is 1.68. The van der Waals surface area contributed by atoms with Crippen molar-refractivity contribution in [2.75, 3.05) is 13.7 Å². The summed E-state index contributed by atoms with van der Waals surface area (Å²) < 4.78 is 19.6. The van der Waals surface area contributed by atoms with Gasteiger partial charge >= 0.3 is 5.97 Å². The Morgan fingerprint density at radius 2 is 1.63 bits per heavy atom. The number of thiazole rings is 1. The number of nitrogens with zero attached hydrogens (tertiary/aromatic N) is 2. The van der Waals surface area contributed by atoms with Crippen LogP contribution in [0.1, 0.15) is 44.9 Å². The van der Waals surface area contributed by atoms with E-state index in [1.54, 1.807) is 25.5 Å². The molecule has 2 heterocycles. The van der Waals surface area contributed by atoms with E-state index in [-0.39, 0.29) is 18.3 Å². The topological polar surface area (TPSA) is 79.1 Å². The van der Waals surface area contributed by atoms with Gasteiger partial charge in [-0.05, 0) is 67.4 Å². The van der Waals surface area contributed by atoms with E-state index in [2.05, 4.69) is 0 Å². The van der Waals surface area contributed by atoms with Gasteiger partial charge in [-0.25, -0.2) is 9.79 Å². The second-order valence-electron chi connectivity index (χ2n) is 10.6. The summed E-state index contributed by atoms with van der Waals surface area (Å²) in [5.41, 5.74) is 2.07. The van der Waals surface area contributed by atoms with Crippen LogP contribution >= 0.6 is 11.3 Å². The Kier molecular flexibility index (Phi) is 7.62. The third-order valence-corrected chi connectivity index (χ3v) is 8.49. The predicted molar refractivity (Wildman–Crippen MR) is 171 cm³/mol. The normalized spacial score (nSPS) is 15.1. The summed E-state index contributed by atoms with van der Waals surface area (Å²) in [5.74, 6) is 0.742. The molecule has 0 aliphatic carbocycles. The van der Waals surface area contributed by atoms with Gasteiger partial charge in [0.2, 0.25) is 0 Å². The predicted octanol–water partition coefficient (Wildman–Crippen LogP) is 5.90. The average molecular weight is 593 g/mol. The third kappa shape index (κ3) is 5.02. The molecule has 0 fully saturated rings. The number of aromatic nitrogens is 1. The van der Waals surface area contributed by atoms with E-state index in [1.165, 1.54) is 11.3 Å². The molecule has 8 heteroatoms. The first kappa shape index (κ1) is 28.4. The van der Waals surface area contributed by atoms with Crippen LogP contribution in [0.5, 0.6) is 11.5 Å². The molecule has 4 aromatic carbocycles. The van der Waals surface area contributed by atoms with Crippen LogP contribution in [0, 0.1) is 0 Å². The second-order valence-corrected chi connectivity index (χ2v) is 11.6. The average Bonchev–Trinajstić information content (AvgIpc) is 3.30. The number of benzene rings is 4. The molecule has 0 unspecified atom stereocenters. The minimum atomic E-state index is -0.808. The van der Waals surface area contributed by atoms with E-state index < -0.39 is 12.0 Å². The zero-order valence-corrected chi connectivity index (χ0v) is 25.5. The highest BCUT2D eigenvalue weighted by molar-refractivity contribution is 7.07. The molecule has 5 aromatic rings. The lowest BCUT2D eigenvalue weighted by Crippen LogP contribution is -2.40. The van der Waals surface area contributed by atoms with Crippen LogP contribution < -0.4 is 24.4 Å². The summed E-state index contributed by atoms with van der Waals surface area (Å²) >= 11 is 1.29. The molecule has 1 aromatic heterocycles. The fraction of sp³-hybridized carbons (Fsp3) is 0.229. The second kappa shape index (κ2) is 11.5. The maximum atomic E-state index is 14.5. The number of carbonyl (C=O) groups excluding carboxylic acids is 1. The highest BCUT2D eigenvalue weighted by Crippen LogP contribution is 2.40. The maximum absolute atomic E-state index is 14.5. The van der Waals surface area contributed by atoms with Crippen molar-refractivity contribution in [3.8, 4) is 11.5 Å². The van der Waals surface area contributed by atoms with Crippen molar-refractivity contribution in [3.63, 3.8) is 0 Å². The van der Waals surface area contributed by atoms with Crippen molar-refractivity contribution < 1.29 is 19.0 Å². The van der Waals surface area contributed by atoms with Crippen molar-refractivity contribution in [1.29, 1.82) is 0 Å². The van der Waals surface area contributed by atoms with E-state index in [1.807, 2.05) is 92.7 Å². The van der Waals surface area contributed by atoms with Gasteiger partial charge in [0, 0.05) is 11.1 Å². The zero-order valence-electron chi connectivity index (χ0n) is 24.7. The molecule has 7 nitrogen and oxygen atoms in total. The van der Waals surface area contributed by atoms with Crippen molar-refractivity contribution in [2.24, 2.45) is 4.99 Å².